The monoisotopic (exact) mass is 247 g/mol. The van der Waals surface area contributed by atoms with Crippen LogP contribution >= 0.6 is 0 Å². The molecule has 2 rings (SSSR count). The molecule has 0 heterocycles. The Morgan fingerprint density at radius 2 is 1.94 bits per heavy atom. The number of aliphatic hydroxyl groups excluding tert-OH is 1. The average Bonchev–Trinajstić information content (AvgIpc) is 2.38. The third kappa shape index (κ3) is 2.99. The van der Waals surface area contributed by atoms with Crippen LogP contribution in [-0.2, 0) is 13.2 Å². The lowest BCUT2D eigenvalue weighted by molar-refractivity contribution is 0.275. The van der Waals surface area contributed by atoms with Gasteiger partial charge >= 0.3 is 0 Å². The molecule has 0 atom stereocenters. The van der Waals surface area contributed by atoms with E-state index in [1.54, 1.807) is 18.2 Å². The minimum absolute atomic E-state index is 0.0637. The highest BCUT2D eigenvalue weighted by Gasteiger charge is 2.02. The van der Waals surface area contributed by atoms with Gasteiger partial charge in [0.2, 0.25) is 0 Å². The molecule has 18 heavy (non-hydrogen) atoms. The van der Waals surface area contributed by atoms with Gasteiger partial charge in [-0.1, -0.05) is 12.1 Å². The molecule has 0 amide bonds. The van der Waals surface area contributed by atoms with Gasteiger partial charge < -0.3 is 15.5 Å². The molecule has 0 saturated heterocycles. The summed E-state index contributed by atoms with van der Waals surface area (Å²) >= 11 is 0. The highest BCUT2D eigenvalue weighted by atomic mass is 19.1. The Bertz CT molecular complexity index is 543. The number of rotatable bonds is 4. The number of nitrogens with one attached hydrogen (secondary N) is 1. The van der Waals surface area contributed by atoms with E-state index >= 15 is 0 Å². The third-order valence-electron chi connectivity index (χ3n) is 2.64. The molecular formula is C14H14FNO2. The van der Waals surface area contributed by atoms with E-state index in [1.807, 2.05) is 6.07 Å². The molecule has 2 aromatic rings. The maximum absolute atomic E-state index is 13.0. The van der Waals surface area contributed by atoms with Gasteiger partial charge in [-0.3, -0.25) is 0 Å². The predicted octanol–water partition coefficient (Wildman–Crippen LogP) is 2.64. The number of aliphatic hydroxyl groups is 1. The van der Waals surface area contributed by atoms with Crippen LogP contribution in [0.25, 0.3) is 0 Å². The summed E-state index contributed by atoms with van der Waals surface area (Å²) in [7, 11) is 0. The number of halogens is 1. The van der Waals surface area contributed by atoms with Crippen LogP contribution in [0.15, 0.2) is 42.5 Å². The standard InChI is InChI=1S/C14H14FNO2/c15-12-3-1-2-10(6-12)8-16-13-4-5-14(18)11(7-13)9-17/h1-7,16-18H,8-9H2. The highest BCUT2D eigenvalue weighted by molar-refractivity contribution is 5.50. The second-order valence-electron chi connectivity index (χ2n) is 3.99. The van der Waals surface area contributed by atoms with E-state index in [-0.39, 0.29) is 18.2 Å². The molecule has 94 valence electrons. The lowest BCUT2D eigenvalue weighted by Crippen LogP contribution is -2.00. The van der Waals surface area contributed by atoms with E-state index < -0.39 is 0 Å². The third-order valence-corrected chi connectivity index (χ3v) is 2.64. The quantitative estimate of drug-likeness (QED) is 0.728. The number of anilines is 1. The Morgan fingerprint density at radius 1 is 1.11 bits per heavy atom. The van der Waals surface area contributed by atoms with Crippen LogP contribution in [0.3, 0.4) is 0 Å². The summed E-state index contributed by atoms with van der Waals surface area (Å²) < 4.78 is 13.0. The van der Waals surface area contributed by atoms with E-state index in [0.717, 1.165) is 11.3 Å². The van der Waals surface area contributed by atoms with Gasteiger partial charge in [0.05, 0.1) is 6.61 Å². The highest BCUT2D eigenvalue weighted by Crippen LogP contribution is 2.21. The number of phenols is 1. The average molecular weight is 247 g/mol. The van der Waals surface area contributed by atoms with Crippen LogP contribution in [-0.4, -0.2) is 10.2 Å². The lowest BCUT2D eigenvalue weighted by atomic mass is 10.1. The van der Waals surface area contributed by atoms with Gasteiger partial charge in [-0.05, 0) is 35.9 Å². The Labute approximate surface area is 105 Å². The predicted molar refractivity (Wildman–Crippen MR) is 67.8 cm³/mol. The summed E-state index contributed by atoms with van der Waals surface area (Å²) in [5.74, 6) is -0.204. The Hall–Kier alpha value is -2.07. The molecule has 3 nitrogen and oxygen atoms in total. The molecule has 0 aliphatic heterocycles. The summed E-state index contributed by atoms with van der Waals surface area (Å²) in [4.78, 5) is 0. The second-order valence-corrected chi connectivity index (χ2v) is 3.99. The van der Waals surface area contributed by atoms with E-state index in [0.29, 0.717) is 12.1 Å². The molecule has 3 N–H and O–H groups in total. The molecule has 0 aliphatic carbocycles. The van der Waals surface area contributed by atoms with E-state index in [2.05, 4.69) is 5.32 Å². The van der Waals surface area contributed by atoms with Crippen molar-refractivity contribution in [2.24, 2.45) is 0 Å². The molecule has 4 heteroatoms. The van der Waals surface area contributed by atoms with Gasteiger partial charge in [-0.15, -0.1) is 0 Å². The molecule has 0 unspecified atom stereocenters. The lowest BCUT2D eigenvalue weighted by Gasteiger charge is -2.09. The van der Waals surface area contributed by atoms with E-state index in [9.17, 15) is 9.50 Å². The molecule has 0 aliphatic rings. The van der Waals surface area contributed by atoms with Crippen molar-refractivity contribution in [2.45, 2.75) is 13.2 Å². The van der Waals surface area contributed by atoms with Gasteiger partial charge in [0.25, 0.3) is 0 Å². The first kappa shape index (κ1) is 12.4. The smallest absolute Gasteiger partial charge is 0.123 e. The maximum atomic E-state index is 13.0. The largest absolute Gasteiger partial charge is 0.508 e. The minimum atomic E-state index is -0.268. The van der Waals surface area contributed by atoms with Crippen molar-refractivity contribution >= 4 is 5.69 Å². The number of aromatic hydroxyl groups is 1. The van der Waals surface area contributed by atoms with Crippen molar-refractivity contribution in [1.82, 2.24) is 0 Å². The summed E-state index contributed by atoms with van der Waals surface area (Å²) in [6.07, 6.45) is 0. The molecule has 2 aromatic carbocycles. The van der Waals surface area contributed by atoms with Crippen LogP contribution < -0.4 is 5.32 Å². The second kappa shape index (κ2) is 5.51. The van der Waals surface area contributed by atoms with E-state index in [4.69, 9.17) is 5.11 Å². The number of hydrogen-bond acceptors (Lipinski definition) is 3. The topological polar surface area (TPSA) is 52.5 Å². The summed E-state index contributed by atoms with van der Waals surface area (Å²) in [6.45, 7) is 0.259. The number of hydrogen-bond donors (Lipinski definition) is 3. The Morgan fingerprint density at radius 3 is 2.67 bits per heavy atom. The molecule has 0 radical (unpaired) electrons. The molecule has 0 fully saturated rings. The number of benzene rings is 2. The van der Waals surface area contributed by atoms with Crippen molar-refractivity contribution in [3.8, 4) is 5.75 Å². The zero-order valence-electron chi connectivity index (χ0n) is 9.73. The zero-order chi connectivity index (χ0) is 13.0. The normalized spacial score (nSPS) is 10.3. The van der Waals surface area contributed by atoms with Crippen molar-refractivity contribution in [3.05, 3.63) is 59.4 Å². The first-order valence-corrected chi connectivity index (χ1v) is 5.60. The zero-order valence-corrected chi connectivity index (χ0v) is 9.73. The van der Waals surface area contributed by atoms with Crippen LogP contribution in [0.5, 0.6) is 5.75 Å². The van der Waals surface area contributed by atoms with E-state index in [1.165, 1.54) is 18.2 Å². The summed E-state index contributed by atoms with van der Waals surface area (Å²) in [5, 5.41) is 21.5. The Balaban J connectivity index is 2.06. The van der Waals surface area contributed by atoms with Crippen molar-refractivity contribution in [2.75, 3.05) is 5.32 Å². The van der Waals surface area contributed by atoms with Gasteiger partial charge in [0.15, 0.2) is 0 Å². The molecule has 0 saturated carbocycles. The van der Waals surface area contributed by atoms with Gasteiger partial charge in [-0.25, -0.2) is 4.39 Å². The first-order chi connectivity index (χ1) is 8.69. The fraction of sp³-hybridized carbons (Fsp3) is 0.143. The molecule has 0 bridgehead atoms. The van der Waals surface area contributed by atoms with Crippen LogP contribution in [0.1, 0.15) is 11.1 Å². The summed E-state index contributed by atoms with van der Waals surface area (Å²) in [6, 6.07) is 11.2. The fourth-order valence-electron chi connectivity index (χ4n) is 1.67. The van der Waals surface area contributed by atoms with Crippen LogP contribution in [0.2, 0.25) is 0 Å². The molecule has 0 spiro atoms. The van der Waals surface area contributed by atoms with Gasteiger partial charge in [0, 0.05) is 17.8 Å². The van der Waals surface area contributed by atoms with Crippen molar-refractivity contribution < 1.29 is 14.6 Å². The van der Waals surface area contributed by atoms with Crippen molar-refractivity contribution in [3.63, 3.8) is 0 Å². The first-order valence-electron chi connectivity index (χ1n) is 5.60. The SMILES string of the molecule is OCc1cc(NCc2cccc(F)c2)ccc1O. The fourth-order valence-corrected chi connectivity index (χ4v) is 1.67. The van der Waals surface area contributed by atoms with Gasteiger partial charge in [-0.2, -0.15) is 0 Å². The maximum Gasteiger partial charge on any atom is 0.123 e. The van der Waals surface area contributed by atoms with Crippen LogP contribution in [0, 0.1) is 5.82 Å². The van der Waals surface area contributed by atoms with Crippen LogP contribution in [0.4, 0.5) is 10.1 Å². The summed E-state index contributed by atoms with van der Waals surface area (Å²) in [5.41, 5.74) is 2.05. The van der Waals surface area contributed by atoms with Gasteiger partial charge in [0.1, 0.15) is 11.6 Å². The van der Waals surface area contributed by atoms with Crippen molar-refractivity contribution in [1.29, 1.82) is 0 Å². The minimum Gasteiger partial charge on any atom is -0.508 e. The molecule has 0 aromatic heterocycles. The Kier molecular flexibility index (Phi) is 3.79. The molecular weight excluding hydrogens is 233 g/mol.